The van der Waals surface area contributed by atoms with Gasteiger partial charge in [0.25, 0.3) is 0 Å². The van der Waals surface area contributed by atoms with E-state index in [1.165, 1.54) is 0 Å². The minimum atomic E-state index is -0.150. The van der Waals surface area contributed by atoms with Crippen LogP contribution < -0.4 is 9.47 Å². The number of aromatic nitrogens is 1. The van der Waals surface area contributed by atoms with Crippen molar-refractivity contribution in [1.29, 1.82) is 0 Å². The Morgan fingerprint density at radius 1 is 1.11 bits per heavy atom. The van der Waals surface area contributed by atoms with Crippen LogP contribution in [0.25, 0.3) is 0 Å². The van der Waals surface area contributed by atoms with Crippen molar-refractivity contribution < 1.29 is 9.47 Å². The maximum absolute atomic E-state index is 6.48. The van der Waals surface area contributed by atoms with Crippen LogP contribution in [0, 0.1) is 0 Å². The highest BCUT2D eigenvalue weighted by atomic mass is 35.5. The Hall–Kier alpha value is -1.74. The number of halogens is 1. The van der Waals surface area contributed by atoms with Crippen molar-refractivity contribution in [2.45, 2.75) is 11.8 Å². The number of rotatable bonds is 5. The average molecular weight is 278 g/mol. The number of hydrogen-bond donors (Lipinski definition) is 0. The molecule has 0 saturated carbocycles. The van der Waals surface area contributed by atoms with E-state index in [0.29, 0.717) is 0 Å². The molecule has 2 rings (SSSR count). The molecule has 0 fully saturated rings. The summed E-state index contributed by atoms with van der Waals surface area (Å²) in [5, 5.41) is -0.150. The van der Waals surface area contributed by atoms with E-state index in [-0.39, 0.29) is 5.38 Å². The predicted octanol–water partition coefficient (Wildman–Crippen LogP) is 3.62. The fraction of sp³-hybridized carbons (Fsp3) is 0.267. The molecule has 0 N–H and O–H groups in total. The summed E-state index contributed by atoms with van der Waals surface area (Å²) in [7, 11) is 3.26. The fourth-order valence-electron chi connectivity index (χ4n) is 1.91. The topological polar surface area (TPSA) is 31.4 Å². The molecular formula is C15H16ClNO2. The molecule has 0 aliphatic heterocycles. The van der Waals surface area contributed by atoms with Gasteiger partial charge >= 0.3 is 0 Å². The molecule has 1 unspecified atom stereocenters. The van der Waals surface area contributed by atoms with E-state index in [0.717, 1.165) is 29.0 Å². The molecule has 19 heavy (non-hydrogen) atoms. The molecule has 2 aromatic rings. The predicted molar refractivity (Wildman–Crippen MR) is 76.1 cm³/mol. The number of pyridine rings is 1. The summed E-state index contributed by atoms with van der Waals surface area (Å²) in [6.45, 7) is 0. The summed E-state index contributed by atoms with van der Waals surface area (Å²) < 4.78 is 10.5. The van der Waals surface area contributed by atoms with Crippen LogP contribution in [0.3, 0.4) is 0 Å². The SMILES string of the molecule is COc1ccc(C(Cl)Cc2ccncc2)c(OC)c1. The van der Waals surface area contributed by atoms with E-state index >= 15 is 0 Å². The normalized spacial score (nSPS) is 11.9. The molecule has 1 aromatic heterocycles. The van der Waals surface area contributed by atoms with Gasteiger partial charge in [0.05, 0.1) is 19.6 Å². The van der Waals surface area contributed by atoms with Crippen LogP contribution in [-0.2, 0) is 6.42 Å². The maximum Gasteiger partial charge on any atom is 0.127 e. The zero-order valence-corrected chi connectivity index (χ0v) is 11.7. The molecule has 1 atom stereocenters. The van der Waals surface area contributed by atoms with E-state index in [9.17, 15) is 0 Å². The molecule has 0 amide bonds. The molecule has 1 heterocycles. The van der Waals surface area contributed by atoms with Crippen molar-refractivity contribution in [1.82, 2.24) is 4.98 Å². The Morgan fingerprint density at radius 3 is 2.47 bits per heavy atom. The summed E-state index contributed by atoms with van der Waals surface area (Å²) in [5.74, 6) is 1.50. The standard InChI is InChI=1S/C15H16ClNO2/c1-18-12-3-4-13(15(10-12)19-2)14(16)9-11-5-7-17-8-6-11/h3-8,10,14H,9H2,1-2H3. The van der Waals surface area contributed by atoms with E-state index in [4.69, 9.17) is 21.1 Å². The van der Waals surface area contributed by atoms with Crippen molar-refractivity contribution in [3.05, 3.63) is 53.9 Å². The second-order valence-electron chi connectivity index (χ2n) is 4.14. The smallest absolute Gasteiger partial charge is 0.127 e. The van der Waals surface area contributed by atoms with Crippen molar-refractivity contribution in [2.75, 3.05) is 14.2 Å². The first-order chi connectivity index (χ1) is 9.24. The van der Waals surface area contributed by atoms with Crippen LogP contribution in [0.2, 0.25) is 0 Å². The monoisotopic (exact) mass is 277 g/mol. The van der Waals surface area contributed by atoms with Crippen molar-refractivity contribution in [2.24, 2.45) is 0 Å². The molecular weight excluding hydrogens is 262 g/mol. The van der Waals surface area contributed by atoms with Gasteiger partial charge in [-0.3, -0.25) is 4.98 Å². The Kier molecular flexibility index (Phi) is 4.63. The second-order valence-corrected chi connectivity index (χ2v) is 4.66. The minimum absolute atomic E-state index is 0.150. The highest BCUT2D eigenvalue weighted by molar-refractivity contribution is 6.21. The quantitative estimate of drug-likeness (QED) is 0.782. The summed E-state index contributed by atoms with van der Waals surface area (Å²) in [5.41, 5.74) is 2.11. The van der Waals surface area contributed by atoms with Crippen molar-refractivity contribution in [3.8, 4) is 11.5 Å². The molecule has 4 heteroatoms. The Morgan fingerprint density at radius 2 is 1.84 bits per heavy atom. The lowest BCUT2D eigenvalue weighted by Crippen LogP contribution is -2.00. The van der Waals surface area contributed by atoms with Crippen LogP contribution in [-0.4, -0.2) is 19.2 Å². The molecule has 0 radical (unpaired) electrons. The first-order valence-corrected chi connectivity index (χ1v) is 6.43. The van der Waals surface area contributed by atoms with Gasteiger partial charge in [0, 0.05) is 24.0 Å². The largest absolute Gasteiger partial charge is 0.497 e. The lowest BCUT2D eigenvalue weighted by molar-refractivity contribution is 0.390. The van der Waals surface area contributed by atoms with Crippen molar-refractivity contribution >= 4 is 11.6 Å². The van der Waals surface area contributed by atoms with Gasteiger partial charge in [0.1, 0.15) is 11.5 Å². The highest BCUT2D eigenvalue weighted by Crippen LogP contribution is 2.34. The van der Waals surface area contributed by atoms with Crippen LogP contribution in [0.4, 0.5) is 0 Å². The third-order valence-corrected chi connectivity index (χ3v) is 3.33. The average Bonchev–Trinajstić information content (AvgIpc) is 2.47. The number of ether oxygens (including phenoxy) is 2. The molecule has 0 aliphatic rings. The fourth-order valence-corrected chi connectivity index (χ4v) is 2.27. The molecule has 0 aliphatic carbocycles. The molecule has 0 spiro atoms. The van der Waals surface area contributed by atoms with Crippen molar-refractivity contribution in [3.63, 3.8) is 0 Å². The highest BCUT2D eigenvalue weighted by Gasteiger charge is 2.15. The first kappa shape index (κ1) is 13.7. The van der Waals surface area contributed by atoms with E-state index in [2.05, 4.69) is 4.98 Å². The summed E-state index contributed by atoms with van der Waals surface area (Å²) in [6, 6.07) is 9.60. The third-order valence-electron chi connectivity index (χ3n) is 2.94. The summed E-state index contributed by atoms with van der Waals surface area (Å²) >= 11 is 6.48. The van der Waals surface area contributed by atoms with Gasteiger partial charge in [-0.2, -0.15) is 0 Å². The number of methoxy groups -OCH3 is 2. The summed E-state index contributed by atoms with van der Waals surface area (Å²) in [4.78, 5) is 4.00. The molecule has 100 valence electrons. The zero-order valence-electron chi connectivity index (χ0n) is 11.0. The maximum atomic E-state index is 6.48. The van der Waals surface area contributed by atoms with Gasteiger partial charge in [0.15, 0.2) is 0 Å². The van der Waals surface area contributed by atoms with Gasteiger partial charge in [-0.25, -0.2) is 0 Å². The minimum Gasteiger partial charge on any atom is -0.497 e. The van der Waals surface area contributed by atoms with Crippen LogP contribution in [0.15, 0.2) is 42.7 Å². The lowest BCUT2D eigenvalue weighted by Gasteiger charge is -2.15. The van der Waals surface area contributed by atoms with Crippen LogP contribution >= 0.6 is 11.6 Å². The van der Waals surface area contributed by atoms with E-state index < -0.39 is 0 Å². The number of benzene rings is 1. The molecule has 1 aromatic carbocycles. The van der Waals surface area contributed by atoms with Gasteiger partial charge in [0.2, 0.25) is 0 Å². The van der Waals surface area contributed by atoms with Crippen LogP contribution in [0.1, 0.15) is 16.5 Å². The Bertz CT molecular complexity index is 531. The molecule has 0 bridgehead atoms. The second kappa shape index (κ2) is 6.43. The number of alkyl halides is 1. The molecule has 0 saturated heterocycles. The lowest BCUT2D eigenvalue weighted by atomic mass is 10.0. The van der Waals surface area contributed by atoms with Gasteiger partial charge in [-0.1, -0.05) is 6.07 Å². The van der Waals surface area contributed by atoms with E-state index in [1.807, 2.05) is 30.3 Å². The van der Waals surface area contributed by atoms with Gasteiger partial charge < -0.3 is 9.47 Å². The van der Waals surface area contributed by atoms with E-state index in [1.54, 1.807) is 26.6 Å². The Labute approximate surface area is 118 Å². The Balaban J connectivity index is 2.21. The number of nitrogens with zero attached hydrogens (tertiary/aromatic N) is 1. The summed E-state index contributed by atoms with van der Waals surface area (Å²) in [6.07, 6.45) is 4.27. The van der Waals surface area contributed by atoms with Crippen LogP contribution in [0.5, 0.6) is 11.5 Å². The zero-order chi connectivity index (χ0) is 13.7. The first-order valence-electron chi connectivity index (χ1n) is 5.99. The van der Waals surface area contributed by atoms with Gasteiger partial charge in [-0.05, 0) is 30.2 Å². The number of hydrogen-bond acceptors (Lipinski definition) is 3. The van der Waals surface area contributed by atoms with Gasteiger partial charge in [-0.15, -0.1) is 11.6 Å². The molecule has 3 nitrogen and oxygen atoms in total. The third kappa shape index (κ3) is 3.38.